The Balaban J connectivity index is 1.70. The quantitative estimate of drug-likeness (QED) is 0.665. The number of nitrogens with two attached hydrogens (primary N) is 1. The average Bonchev–Trinajstić information content (AvgIpc) is 2.57. The number of hydrogen-bond acceptors (Lipinski definition) is 4. The lowest BCUT2D eigenvalue weighted by Crippen LogP contribution is -2.29. The Hall–Kier alpha value is -2.08. The first kappa shape index (κ1) is 17.3. The summed E-state index contributed by atoms with van der Waals surface area (Å²) in [6.45, 7) is 2.43. The van der Waals surface area contributed by atoms with Crippen LogP contribution >= 0.6 is 0 Å². The summed E-state index contributed by atoms with van der Waals surface area (Å²) >= 11 is 0. The van der Waals surface area contributed by atoms with Crippen molar-refractivity contribution < 1.29 is 14.3 Å². The molecule has 0 bridgehead atoms. The first-order valence-electron chi connectivity index (χ1n) is 8.11. The Labute approximate surface area is 136 Å². The molecule has 0 unspecified atom stereocenters. The molecule has 1 aromatic rings. The van der Waals surface area contributed by atoms with Gasteiger partial charge in [-0.05, 0) is 56.0 Å². The van der Waals surface area contributed by atoms with Crippen LogP contribution in [0.4, 0.5) is 0 Å². The second-order valence-corrected chi connectivity index (χ2v) is 5.91. The molecular formula is C17H25N3O3. The molecule has 2 rings (SSSR count). The van der Waals surface area contributed by atoms with Crippen LogP contribution in [0.25, 0.3) is 0 Å². The van der Waals surface area contributed by atoms with E-state index in [2.05, 4.69) is 10.6 Å². The summed E-state index contributed by atoms with van der Waals surface area (Å²) in [4.78, 5) is 22.7. The second-order valence-electron chi connectivity index (χ2n) is 5.91. The van der Waals surface area contributed by atoms with Crippen LogP contribution in [0, 0.1) is 5.92 Å². The van der Waals surface area contributed by atoms with E-state index in [-0.39, 0.29) is 12.5 Å². The van der Waals surface area contributed by atoms with Crippen LogP contribution in [0.15, 0.2) is 24.3 Å². The molecule has 1 fully saturated rings. The van der Waals surface area contributed by atoms with E-state index >= 15 is 0 Å². The highest BCUT2D eigenvalue weighted by Crippen LogP contribution is 2.17. The Kier molecular flexibility index (Phi) is 6.87. The van der Waals surface area contributed by atoms with Crippen molar-refractivity contribution in [2.24, 2.45) is 11.7 Å². The number of nitrogens with one attached hydrogen (secondary N) is 2. The molecule has 1 aromatic carbocycles. The number of carbonyl (C=O) groups is 2. The van der Waals surface area contributed by atoms with E-state index in [0.717, 1.165) is 37.9 Å². The molecule has 4 N–H and O–H groups in total. The van der Waals surface area contributed by atoms with Crippen LogP contribution < -0.4 is 21.1 Å². The van der Waals surface area contributed by atoms with Gasteiger partial charge >= 0.3 is 0 Å². The van der Waals surface area contributed by atoms with Gasteiger partial charge in [-0.1, -0.05) is 12.1 Å². The zero-order valence-corrected chi connectivity index (χ0v) is 13.3. The van der Waals surface area contributed by atoms with Crippen molar-refractivity contribution in [3.63, 3.8) is 0 Å². The van der Waals surface area contributed by atoms with E-state index in [9.17, 15) is 9.59 Å². The van der Waals surface area contributed by atoms with Gasteiger partial charge in [0.1, 0.15) is 5.75 Å². The van der Waals surface area contributed by atoms with Crippen molar-refractivity contribution in [3.05, 3.63) is 29.8 Å². The lowest BCUT2D eigenvalue weighted by atomic mass is 9.93. The fourth-order valence-corrected chi connectivity index (χ4v) is 2.69. The molecule has 1 heterocycles. The predicted molar refractivity (Wildman–Crippen MR) is 87.8 cm³/mol. The fourth-order valence-electron chi connectivity index (χ4n) is 2.69. The van der Waals surface area contributed by atoms with Crippen LogP contribution in [-0.2, 0) is 16.1 Å². The molecule has 0 saturated carbocycles. The van der Waals surface area contributed by atoms with Gasteiger partial charge in [0, 0.05) is 13.0 Å². The molecule has 0 radical (unpaired) electrons. The molecule has 0 aliphatic carbocycles. The second kappa shape index (κ2) is 9.15. The Bertz CT molecular complexity index is 528. The van der Waals surface area contributed by atoms with Gasteiger partial charge in [0.2, 0.25) is 5.91 Å². The molecule has 6 heteroatoms. The monoisotopic (exact) mass is 319 g/mol. The van der Waals surface area contributed by atoms with Crippen molar-refractivity contribution in [1.82, 2.24) is 10.6 Å². The minimum atomic E-state index is -0.512. The number of ether oxygens (including phenoxy) is 1. The first-order chi connectivity index (χ1) is 11.1. The molecule has 23 heavy (non-hydrogen) atoms. The number of hydrogen-bond donors (Lipinski definition) is 3. The third kappa shape index (κ3) is 6.69. The van der Waals surface area contributed by atoms with Crippen molar-refractivity contribution in [2.75, 3.05) is 19.7 Å². The Morgan fingerprint density at radius 2 is 2.09 bits per heavy atom. The van der Waals surface area contributed by atoms with Crippen molar-refractivity contribution >= 4 is 11.8 Å². The maximum Gasteiger partial charge on any atom is 0.255 e. The number of carbonyl (C=O) groups excluding carboxylic acids is 2. The van der Waals surface area contributed by atoms with E-state index in [1.807, 2.05) is 12.1 Å². The number of rotatable bonds is 8. The largest absolute Gasteiger partial charge is 0.484 e. The zero-order chi connectivity index (χ0) is 16.5. The van der Waals surface area contributed by atoms with Gasteiger partial charge in [-0.15, -0.1) is 0 Å². The molecule has 1 aliphatic heterocycles. The van der Waals surface area contributed by atoms with Gasteiger partial charge < -0.3 is 21.1 Å². The number of primary amides is 1. The standard InChI is InChI=1S/C17H25N3O3/c18-16(21)12-23-15-3-1-2-14(10-15)11-20-17(22)5-4-13-6-8-19-9-7-13/h1-3,10,13,19H,4-9,11-12H2,(H2,18,21)(H,20,22). The summed E-state index contributed by atoms with van der Waals surface area (Å²) in [6, 6.07) is 7.29. The summed E-state index contributed by atoms with van der Waals surface area (Å²) in [5.74, 6) is 0.798. The van der Waals surface area contributed by atoms with Crippen molar-refractivity contribution in [1.29, 1.82) is 0 Å². The smallest absolute Gasteiger partial charge is 0.255 e. The third-order valence-electron chi connectivity index (χ3n) is 4.01. The minimum Gasteiger partial charge on any atom is -0.484 e. The summed E-state index contributed by atoms with van der Waals surface area (Å²) in [5.41, 5.74) is 5.98. The highest BCUT2D eigenvalue weighted by molar-refractivity contribution is 5.76. The predicted octanol–water partition coefficient (Wildman–Crippen LogP) is 0.947. The first-order valence-corrected chi connectivity index (χ1v) is 8.11. The highest BCUT2D eigenvalue weighted by Gasteiger charge is 2.14. The van der Waals surface area contributed by atoms with E-state index in [4.69, 9.17) is 10.5 Å². The number of amides is 2. The molecule has 2 amide bonds. The van der Waals surface area contributed by atoms with E-state index in [1.54, 1.807) is 12.1 Å². The fraction of sp³-hybridized carbons (Fsp3) is 0.529. The van der Waals surface area contributed by atoms with Gasteiger partial charge in [0.25, 0.3) is 5.91 Å². The Morgan fingerprint density at radius 1 is 1.30 bits per heavy atom. The molecule has 0 aromatic heterocycles. The van der Waals surface area contributed by atoms with Gasteiger partial charge in [0.05, 0.1) is 0 Å². The van der Waals surface area contributed by atoms with E-state index in [1.165, 1.54) is 0 Å². The Morgan fingerprint density at radius 3 is 2.83 bits per heavy atom. The van der Waals surface area contributed by atoms with Gasteiger partial charge in [-0.3, -0.25) is 9.59 Å². The molecule has 0 spiro atoms. The molecule has 6 nitrogen and oxygen atoms in total. The maximum atomic E-state index is 11.9. The normalized spacial score (nSPS) is 15.1. The van der Waals surface area contributed by atoms with Crippen LogP contribution in [0.2, 0.25) is 0 Å². The summed E-state index contributed by atoms with van der Waals surface area (Å²) in [7, 11) is 0. The van der Waals surface area contributed by atoms with E-state index in [0.29, 0.717) is 24.6 Å². The van der Waals surface area contributed by atoms with Crippen LogP contribution in [-0.4, -0.2) is 31.5 Å². The highest BCUT2D eigenvalue weighted by atomic mass is 16.5. The maximum absolute atomic E-state index is 11.9. The zero-order valence-electron chi connectivity index (χ0n) is 13.3. The topological polar surface area (TPSA) is 93.5 Å². The van der Waals surface area contributed by atoms with Gasteiger partial charge in [-0.25, -0.2) is 0 Å². The van der Waals surface area contributed by atoms with Crippen molar-refractivity contribution in [2.45, 2.75) is 32.2 Å². The lowest BCUT2D eigenvalue weighted by Gasteiger charge is -2.22. The number of piperidine rings is 1. The van der Waals surface area contributed by atoms with Gasteiger partial charge in [0.15, 0.2) is 6.61 Å². The lowest BCUT2D eigenvalue weighted by molar-refractivity contribution is -0.121. The molecule has 1 saturated heterocycles. The van der Waals surface area contributed by atoms with Gasteiger partial charge in [-0.2, -0.15) is 0 Å². The van der Waals surface area contributed by atoms with Crippen LogP contribution in [0.5, 0.6) is 5.75 Å². The molecule has 1 aliphatic rings. The third-order valence-corrected chi connectivity index (χ3v) is 4.01. The SMILES string of the molecule is NC(=O)COc1cccc(CNC(=O)CCC2CCNCC2)c1. The summed E-state index contributed by atoms with van der Waals surface area (Å²) < 4.78 is 5.25. The average molecular weight is 319 g/mol. The molecule has 0 atom stereocenters. The summed E-state index contributed by atoms with van der Waals surface area (Å²) in [6.07, 6.45) is 3.84. The molecular weight excluding hydrogens is 294 g/mol. The van der Waals surface area contributed by atoms with E-state index < -0.39 is 5.91 Å². The van der Waals surface area contributed by atoms with Crippen LogP contribution in [0.3, 0.4) is 0 Å². The van der Waals surface area contributed by atoms with Crippen LogP contribution in [0.1, 0.15) is 31.2 Å². The summed E-state index contributed by atoms with van der Waals surface area (Å²) in [5, 5.41) is 6.26. The number of benzene rings is 1. The van der Waals surface area contributed by atoms with Crippen molar-refractivity contribution in [3.8, 4) is 5.75 Å². The minimum absolute atomic E-state index is 0.0759. The molecule has 126 valence electrons.